The first-order valence-corrected chi connectivity index (χ1v) is 13.7. The van der Waals surface area contributed by atoms with Crippen LogP contribution in [0.2, 0.25) is 10.0 Å². The molecule has 0 aliphatic carbocycles. The molecular weight excluding hydrogens is 551 g/mol. The maximum Gasteiger partial charge on any atom is 0.173 e. The molecule has 0 radical (unpaired) electrons. The zero-order valence-corrected chi connectivity index (χ0v) is 23.8. The van der Waals surface area contributed by atoms with E-state index in [0.29, 0.717) is 46.4 Å². The first-order chi connectivity index (χ1) is 18.5. The number of halogens is 2. The second-order valence-corrected chi connectivity index (χ2v) is 10.3. The predicted molar refractivity (Wildman–Crippen MR) is 169 cm³/mol. The van der Waals surface area contributed by atoms with E-state index in [9.17, 15) is 0 Å². The van der Waals surface area contributed by atoms with Crippen molar-refractivity contribution in [2.75, 3.05) is 23.7 Å². The van der Waals surface area contributed by atoms with Gasteiger partial charge in [0, 0.05) is 47.6 Å². The summed E-state index contributed by atoms with van der Waals surface area (Å²) in [7, 11) is 0. The van der Waals surface area contributed by atoms with Gasteiger partial charge in [0.2, 0.25) is 0 Å². The van der Waals surface area contributed by atoms with Gasteiger partial charge < -0.3 is 20.4 Å². The van der Waals surface area contributed by atoms with Crippen molar-refractivity contribution in [2.45, 2.75) is 13.1 Å². The Hall–Kier alpha value is -3.16. The van der Waals surface area contributed by atoms with Gasteiger partial charge in [-0.2, -0.15) is 0 Å². The number of hydrogen-bond acceptors (Lipinski definition) is 2. The Morgan fingerprint density at radius 3 is 1.21 bits per heavy atom. The van der Waals surface area contributed by atoms with E-state index in [1.165, 1.54) is 11.1 Å². The van der Waals surface area contributed by atoms with Crippen LogP contribution in [-0.4, -0.2) is 33.1 Å². The first-order valence-electron chi connectivity index (χ1n) is 12.2. The molecule has 0 saturated carbocycles. The van der Waals surface area contributed by atoms with Crippen molar-refractivity contribution in [1.29, 1.82) is 0 Å². The molecule has 0 atom stereocenters. The molecule has 0 unspecified atom stereocenters. The molecule has 0 fully saturated rings. The second kappa shape index (κ2) is 14.1. The molecule has 4 rings (SSSR count). The summed E-state index contributed by atoms with van der Waals surface area (Å²) in [6.45, 7) is 2.64. The number of nitrogens with zero attached hydrogens (tertiary/aromatic N) is 2. The minimum Gasteiger partial charge on any atom is -0.343 e. The topological polar surface area (TPSA) is 30.5 Å². The summed E-state index contributed by atoms with van der Waals surface area (Å²) in [6, 6.07) is 35.6. The van der Waals surface area contributed by atoms with E-state index >= 15 is 0 Å². The summed E-state index contributed by atoms with van der Waals surface area (Å²) in [6.07, 6.45) is 0. The van der Waals surface area contributed by atoms with Crippen molar-refractivity contribution < 1.29 is 0 Å². The van der Waals surface area contributed by atoms with Crippen molar-refractivity contribution in [3.05, 3.63) is 130 Å². The van der Waals surface area contributed by atoms with Gasteiger partial charge in [-0.25, -0.2) is 0 Å². The lowest BCUT2D eigenvalue weighted by Crippen LogP contribution is -2.43. The van der Waals surface area contributed by atoms with E-state index in [-0.39, 0.29) is 0 Å². The van der Waals surface area contributed by atoms with Gasteiger partial charge in [-0.1, -0.05) is 83.9 Å². The summed E-state index contributed by atoms with van der Waals surface area (Å²) < 4.78 is 0. The Bertz CT molecular complexity index is 1210. The fourth-order valence-electron chi connectivity index (χ4n) is 3.83. The fourth-order valence-corrected chi connectivity index (χ4v) is 4.62. The smallest absolute Gasteiger partial charge is 0.173 e. The lowest BCUT2D eigenvalue weighted by Gasteiger charge is -2.31. The average Bonchev–Trinajstić information content (AvgIpc) is 2.93. The molecule has 0 amide bonds. The first kappa shape index (κ1) is 27.9. The van der Waals surface area contributed by atoms with Gasteiger partial charge >= 0.3 is 0 Å². The Morgan fingerprint density at radius 1 is 0.526 bits per heavy atom. The van der Waals surface area contributed by atoms with Crippen LogP contribution in [0.1, 0.15) is 11.1 Å². The van der Waals surface area contributed by atoms with E-state index in [0.717, 1.165) is 11.4 Å². The Labute approximate surface area is 245 Å². The number of nitrogens with one attached hydrogen (secondary N) is 2. The molecule has 0 aromatic heterocycles. The van der Waals surface area contributed by atoms with Gasteiger partial charge in [-0.3, -0.25) is 0 Å². The molecule has 8 heteroatoms. The summed E-state index contributed by atoms with van der Waals surface area (Å²) >= 11 is 23.8. The van der Waals surface area contributed by atoms with Crippen LogP contribution < -0.4 is 10.6 Å². The molecule has 0 spiro atoms. The minimum atomic E-state index is 0.632. The molecule has 0 saturated heterocycles. The van der Waals surface area contributed by atoms with E-state index < -0.39 is 0 Å². The zero-order chi connectivity index (χ0) is 26.7. The van der Waals surface area contributed by atoms with Crippen LogP contribution in [0.15, 0.2) is 109 Å². The second-order valence-electron chi connectivity index (χ2n) is 8.69. The van der Waals surface area contributed by atoms with E-state index in [1.54, 1.807) is 0 Å². The molecule has 4 aromatic rings. The third-order valence-electron chi connectivity index (χ3n) is 5.84. The summed E-state index contributed by atoms with van der Waals surface area (Å²) in [4.78, 5) is 4.31. The fraction of sp³-hybridized carbons (Fsp3) is 0.133. The van der Waals surface area contributed by atoms with Crippen molar-refractivity contribution in [1.82, 2.24) is 9.80 Å². The van der Waals surface area contributed by atoms with Gasteiger partial charge in [-0.15, -0.1) is 0 Å². The van der Waals surface area contributed by atoms with E-state index in [1.807, 2.05) is 84.9 Å². The zero-order valence-electron chi connectivity index (χ0n) is 20.7. The van der Waals surface area contributed by atoms with Gasteiger partial charge in [0.1, 0.15) is 0 Å². The highest BCUT2D eigenvalue weighted by Gasteiger charge is 2.16. The van der Waals surface area contributed by atoms with Crippen LogP contribution in [-0.2, 0) is 13.1 Å². The lowest BCUT2D eigenvalue weighted by atomic mass is 10.2. The predicted octanol–water partition coefficient (Wildman–Crippen LogP) is 8.09. The summed E-state index contributed by atoms with van der Waals surface area (Å²) in [5.74, 6) is 0. The summed E-state index contributed by atoms with van der Waals surface area (Å²) in [5, 5.41) is 9.34. The van der Waals surface area contributed by atoms with Crippen LogP contribution in [0.5, 0.6) is 0 Å². The minimum absolute atomic E-state index is 0.632. The van der Waals surface area contributed by atoms with Gasteiger partial charge in [-0.05, 0) is 84.1 Å². The maximum absolute atomic E-state index is 6.06. The molecular formula is C30H28Cl2N4S2. The third-order valence-corrected chi connectivity index (χ3v) is 7.06. The Balaban J connectivity index is 1.51. The number of thiocarbonyl (C=S) groups is 2. The highest BCUT2D eigenvalue weighted by molar-refractivity contribution is 7.80. The van der Waals surface area contributed by atoms with Crippen molar-refractivity contribution in [3.8, 4) is 0 Å². The van der Waals surface area contributed by atoms with Crippen LogP contribution in [0.4, 0.5) is 11.4 Å². The van der Waals surface area contributed by atoms with Crippen LogP contribution in [0.25, 0.3) is 0 Å². The Morgan fingerprint density at radius 2 is 0.868 bits per heavy atom. The maximum atomic E-state index is 6.06. The van der Waals surface area contributed by atoms with E-state index in [4.69, 9.17) is 47.6 Å². The van der Waals surface area contributed by atoms with Crippen molar-refractivity contribution >= 4 is 69.2 Å². The Kier molecular flexibility index (Phi) is 10.4. The highest BCUT2D eigenvalue weighted by Crippen LogP contribution is 2.17. The van der Waals surface area contributed by atoms with Crippen molar-refractivity contribution in [3.63, 3.8) is 0 Å². The van der Waals surface area contributed by atoms with Crippen LogP contribution >= 0.6 is 47.6 Å². The third kappa shape index (κ3) is 8.71. The number of anilines is 2. The monoisotopic (exact) mass is 578 g/mol. The quantitative estimate of drug-likeness (QED) is 0.195. The lowest BCUT2D eigenvalue weighted by molar-refractivity contribution is 0.335. The van der Waals surface area contributed by atoms with E-state index in [2.05, 4.69) is 44.7 Å². The molecule has 2 N–H and O–H groups in total. The van der Waals surface area contributed by atoms with Gasteiger partial charge in [0.25, 0.3) is 0 Å². The van der Waals surface area contributed by atoms with Crippen LogP contribution in [0, 0.1) is 0 Å². The largest absolute Gasteiger partial charge is 0.343 e. The molecule has 0 bridgehead atoms. The molecule has 0 aliphatic heterocycles. The normalized spacial score (nSPS) is 10.5. The highest BCUT2D eigenvalue weighted by atomic mass is 35.5. The standard InChI is InChI=1S/C30H28Cl2N4S2/c31-25-11-15-27(16-12-25)33-29(37)35(21-23-7-3-1-4-8-23)19-20-36(22-24-9-5-2-6-10-24)30(38)34-28-17-13-26(32)14-18-28/h1-18H,19-22H2,(H,33,37)(H,34,38). The number of rotatable bonds is 9. The summed E-state index contributed by atoms with van der Waals surface area (Å²) in [5.41, 5.74) is 4.12. The average molecular weight is 580 g/mol. The number of hydrogen-bond donors (Lipinski definition) is 2. The van der Waals surface area contributed by atoms with Gasteiger partial charge in [0.15, 0.2) is 10.2 Å². The molecule has 194 valence electrons. The molecule has 4 aromatic carbocycles. The molecule has 4 nitrogen and oxygen atoms in total. The molecule has 0 aliphatic rings. The number of benzene rings is 4. The molecule has 38 heavy (non-hydrogen) atoms. The van der Waals surface area contributed by atoms with Gasteiger partial charge in [0.05, 0.1) is 0 Å². The molecule has 0 heterocycles. The SMILES string of the molecule is S=C(Nc1ccc(Cl)cc1)N(CCN(Cc1ccccc1)C(=S)Nc1ccc(Cl)cc1)Cc1ccccc1. The van der Waals surface area contributed by atoms with Crippen molar-refractivity contribution in [2.24, 2.45) is 0 Å². The van der Waals surface area contributed by atoms with Crippen LogP contribution in [0.3, 0.4) is 0 Å².